The minimum absolute atomic E-state index is 0.0839. The Morgan fingerprint density at radius 2 is 1.67 bits per heavy atom. The SMILES string of the molecule is CCCOC(=O)C(CC)CC(C)(CC(C)c1ccc(S(=O)(=O)Nc2ccccc2C)cc1)C(=O)OC. The van der Waals surface area contributed by atoms with Gasteiger partial charge in [0.1, 0.15) is 0 Å². The van der Waals surface area contributed by atoms with E-state index in [1.54, 1.807) is 36.4 Å². The van der Waals surface area contributed by atoms with E-state index >= 15 is 0 Å². The molecule has 0 aliphatic rings. The predicted octanol–water partition coefficient (Wildman–Crippen LogP) is 5.84. The Morgan fingerprint density at radius 3 is 2.22 bits per heavy atom. The predicted molar refractivity (Wildman–Crippen MR) is 141 cm³/mol. The Kier molecular flexibility index (Phi) is 10.5. The first-order valence-corrected chi connectivity index (χ1v) is 13.9. The third-order valence-electron chi connectivity index (χ3n) is 6.56. The molecule has 0 amide bonds. The van der Waals surface area contributed by atoms with Gasteiger partial charge in [0.05, 0.1) is 35.6 Å². The van der Waals surface area contributed by atoms with Crippen LogP contribution in [0, 0.1) is 18.3 Å². The van der Waals surface area contributed by atoms with Gasteiger partial charge in [0, 0.05) is 0 Å². The van der Waals surface area contributed by atoms with Crippen molar-refractivity contribution in [3.8, 4) is 0 Å². The zero-order valence-electron chi connectivity index (χ0n) is 22.2. The molecule has 0 heterocycles. The average Bonchev–Trinajstić information content (AvgIpc) is 2.86. The molecular weight excluding hydrogens is 478 g/mol. The summed E-state index contributed by atoms with van der Waals surface area (Å²) in [5.74, 6) is -1.16. The number of anilines is 1. The quantitative estimate of drug-likeness (QED) is 0.335. The summed E-state index contributed by atoms with van der Waals surface area (Å²) < 4.78 is 38.8. The molecule has 0 aromatic heterocycles. The lowest BCUT2D eigenvalue weighted by atomic mass is 9.73. The minimum Gasteiger partial charge on any atom is -0.469 e. The molecule has 3 atom stereocenters. The first-order valence-electron chi connectivity index (χ1n) is 12.4. The number of carbonyl (C=O) groups is 2. The fraction of sp³-hybridized carbons (Fsp3) is 0.500. The Bertz CT molecular complexity index is 1130. The summed E-state index contributed by atoms with van der Waals surface area (Å²) in [4.78, 5) is 25.5. The number of carbonyl (C=O) groups excluding carboxylic acids is 2. The second-order valence-electron chi connectivity index (χ2n) is 9.62. The molecule has 0 aliphatic carbocycles. The van der Waals surface area contributed by atoms with Crippen LogP contribution < -0.4 is 4.72 Å². The minimum atomic E-state index is -3.74. The van der Waals surface area contributed by atoms with Crippen LogP contribution in [0.3, 0.4) is 0 Å². The molecule has 36 heavy (non-hydrogen) atoms. The molecule has 198 valence electrons. The maximum Gasteiger partial charge on any atom is 0.311 e. The molecule has 0 radical (unpaired) electrons. The van der Waals surface area contributed by atoms with E-state index in [2.05, 4.69) is 4.72 Å². The van der Waals surface area contributed by atoms with Crippen LogP contribution in [0.2, 0.25) is 0 Å². The molecule has 2 aromatic carbocycles. The van der Waals surface area contributed by atoms with Crippen molar-refractivity contribution in [1.29, 1.82) is 0 Å². The highest BCUT2D eigenvalue weighted by atomic mass is 32.2. The second kappa shape index (κ2) is 12.9. The molecule has 0 bridgehead atoms. The number of methoxy groups -OCH3 is 1. The molecule has 2 aromatic rings. The number of hydrogen-bond acceptors (Lipinski definition) is 6. The molecule has 8 heteroatoms. The van der Waals surface area contributed by atoms with E-state index in [0.29, 0.717) is 31.6 Å². The summed E-state index contributed by atoms with van der Waals surface area (Å²) in [5, 5.41) is 0. The van der Waals surface area contributed by atoms with Gasteiger partial charge in [-0.1, -0.05) is 51.1 Å². The Balaban J connectivity index is 2.20. The number of nitrogens with one attached hydrogen (secondary N) is 1. The van der Waals surface area contributed by atoms with Gasteiger partial charge in [0.2, 0.25) is 0 Å². The summed E-state index contributed by atoms with van der Waals surface area (Å²) in [5.41, 5.74) is 1.35. The molecule has 0 spiro atoms. The highest BCUT2D eigenvalue weighted by Gasteiger charge is 2.40. The molecule has 2 rings (SSSR count). The van der Waals surface area contributed by atoms with Gasteiger partial charge in [-0.2, -0.15) is 0 Å². The first-order chi connectivity index (χ1) is 17.0. The van der Waals surface area contributed by atoms with Crippen molar-refractivity contribution in [1.82, 2.24) is 0 Å². The zero-order chi connectivity index (χ0) is 26.9. The van der Waals surface area contributed by atoms with Crippen LogP contribution in [-0.2, 0) is 29.1 Å². The number of benzene rings is 2. The summed E-state index contributed by atoms with van der Waals surface area (Å²) in [6, 6.07) is 13.9. The first kappa shape index (κ1) is 29.4. The molecule has 3 unspecified atom stereocenters. The number of sulfonamides is 1. The van der Waals surface area contributed by atoms with Crippen molar-refractivity contribution in [2.45, 2.75) is 71.1 Å². The number of para-hydroxylation sites is 1. The van der Waals surface area contributed by atoms with Crippen molar-refractivity contribution in [2.75, 3.05) is 18.4 Å². The number of ether oxygens (including phenoxy) is 2. The molecule has 0 fully saturated rings. The van der Waals surface area contributed by atoms with Crippen LogP contribution in [-0.4, -0.2) is 34.1 Å². The van der Waals surface area contributed by atoms with Gasteiger partial charge in [-0.05, 0) is 74.8 Å². The molecule has 0 saturated heterocycles. The van der Waals surface area contributed by atoms with Crippen LogP contribution in [0.15, 0.2) is 53.4 Å². The topological polar surface area (TPSA) is 98.8 Å². The van der Waals surface area contributed by atoms with Crippen molar-refractivity contribution in [2.24, 2.45) is 11.3 Å². The highest BCUT2D eigenvalue weighted by Crippen LogP contribution is 2.39. The summed E-state index contributed by atoms with van der Waals surface area (Å²) >= 11 is 0. The van der Waals surface area contributed by atoms with Gasteiger partial charge >= 0.3 is 11.9 Å². The molecule has 7 nitrogen and oxygen atoms in total. The van der Waals surface area contributed by atoms with E-state index in [4.69, 9.17) is 9.47 Å². The fourth-order valence-corrected chi connectivity index (χ4v) is 5.55. The van der Waals surface area contributed by atoms with Gasteiger partial charge < -0.3 is 9.47 Å². The van der Waals surface area contributed by atoms with E-state index in [9.17, 15) is 18.0 Å². The van der Waals surface area contributed by atoms with Crippen LogP contribution in [0.1, 0.15) is 70.4 Å². The standard InChI is InChI=1S/C28H39NO6S/c1-7-17-35-26(30)22(8-2)19-28(5,27(31)34-6)18-21(4)23-13-15-24(16-14-23)36(32,33)29-25-12-10-9-11-20(25)3/h9-16,21-22,29H,7-8,17-19H2,1-6H3. The number of rotatable bonds is 13. The maximum absolute atomic E-state index is 12.9. The largest absolute Gasteiger partial charge is 0.469 e. The van der Waals surface area contributed by atoms with E-state index in [0.717, 1.165) is 17.5 Å². The lowest BCUT2D eigenvalue weighted by Gasteiger charge is -2.32. The van der Waals surface area contributed by atoms with Gasteiger partial charge in [0.25, 0.3) is 10.0 Å². The summed E-state index contributed by atoms with van der Waals surface area (Å²) in [6.45, 7) is 9.83. The number of esters is 2. The van der Waals surface area contributed by atoms with Crippen molar-refractivity contribution < 1.29 is 27.5 Å². The van der Waals surface area contributed by atoms with Gasteiger partial charge in [-0.3, -0.25) is 14.3 Å². The molecule has 0 saturated carbocycles. The van der Waals surface area contributed by atoms with E-state index in [-0.39, 0.29) is 22.8 Å². The van der Waals surface area contributed by atoms with Crippen LogP contribution in [0.25, 0.3) is 0 Å². The number of hydrogen-bond donors (Lipinski definition) is 1. The van der Waals surface area contributed by atoms with Crippen LogP contribution in [0.4, 0.5) is 5.69 Å². The van der Waals surface area contributed by atoms with Gasteiger partial charge in [-0.25, -0.2) is 8.42 Å². The van der Waals surface area contributed by atoms with E-state index in [1.165, 1.54) is 7.11 Å². The van der Waals surface area contributed by atoms with E-state index < -0.39 is 21.4 Å². The van der Waals surface area contributed by atoms with Gasteiger partial charge in [0.15, 0.2) is 0 Å². The summed E-state index contributed by atoms with van der Waals surface area (Å²) in [6.07, 6.45) is 2.05. The van der Waals surface area contributed by atoms with Crippen molar-refractivity contribution >= 4 is 27.6 Å². The van der Waals surface area contributed by atoms with Crippen LogP contribution in [0.5, 0.6) is 0 Å². The third-order valence-corrected chi connectivity index (χ3v) is 7.94. The molecular formula is C28H39NO6S. The van der Waals surface area contributed by atoms with E-state index in [1.807, 2.05) is 46.8 Å². The second-order valence-corrected chi connectivity index (χ2v) is 11.3. The Labute approximate surface area is 215 Å². The number of aryl methyl sites for hydroxylation is 1. The van der Waals surface area contributed by atoms with Crippen molar-refractivity contribution in [3.05, 3.63) is 59.7 Å². The molecule has 1 N–H and O–H groups in total. The summed E-state index contributed by atoms with van der Waals surface area (Å²) in [7, 11) is -2.39. The lowest BCUT2D eigenvalue weighted by Crippen LogP contribution is -2.35. The van der Waals surface area contributed by atoms with Crippen molar-refractivity contribution in [3.63, 3.8) is 0 Å². The monoisotopic (exact) mass is 517 g/mol. The lowest BCUT2D eigenvalue weighted by molar-refractivity contribution is -0.157. The van der Waals surface area contributed by atoms with Crippen LogP contribution >= 0.6 is 0 Å². The smallest absolute Gasteiger partial charge is 0.311 e. The Hall–Kier alpha value is -2.87. The highest BCUT2D eigenvalue weighted by molar-refractivity contribution is 7.92. The van der Waals surface area contributed by atoms with Gasteiger partial charge in [-0.15, -0.1) is 0 Å². The fourth-order valence-electron chi connectivity index (χ4n) is 4.42. The average molecular weight is 518 g/mol. The third kappa shape index (κ3) is 7.56. The normalized spacial score (nSPS) is 14.8. The molecule has 0 aliphatic heterocycles. The maximum atomic E-state index is 12.9. The Morgan fingerprint density at radius 1 is 1.03 bits per heavy atom. The zero-order valence-corrected chi connectivity index (χ0v) is 23.0.